The number of H-pyrrole nitrogens is 1. The lowest BCUT2D eigenvalue weighted by molar-refractivity contribution is 0.0787. The summed E-state index contributed by atoms with van der Waals surface area (Å²) in [6.45, 7) is 6.29. The average molecular weight is 415 g/mol. The summed E-state index contributed by atoms with van der Waals surface area (Å²) < 4.78 is 14.5. The number of benzene rings is 1. The van der Waals surface area contributed by atoms with E-state index in [4.69, 9.17) is 9.47 Å². The first-order valence-corrected chi connectivity index (χ1v) is 10.2. The van der Waals surface area contributed by atoms with Crippen molar-refractivity contribution in [3.05, 3.63) is 51.2 Å². The summed E-state index contributed by atoms with van der Waals surface area (Å²) in [5.41, 5.74) is -0.200. The van der Waals surface area contributed by atoms with Crippen molar-refractivity contribution in [2.24, 2.45) is 7.05 Å². The van der Waals surface area contributed by atoms with Crippen molar-refractivity contribution in [3.8, 4) is 5.75 Å². The molecule has 0 fully saturated rings. The van der Waals surface area contributed by atoms with Crippen molar-refractivity contribution < 1.29 is 9.47 Å². The largest absolute Gasteiger partial charge is 0.494 e. The maximum atomic E-state index is 12.5. The van der Waals surface area contributed by atoms with Gasteiger partial charge < -0.3 is 19.4 Å². The van der Waals surface area contributed by atoms with Crippen LogP contribution in [0.4, 0.5) is 5.95 Å². The van der Waals surface area contributed by atoms with Gasteiger partial charge in [-0.2, -0.15) is 4.98 Å². The van der Waals surface area contributed by atoms with Crippen molar-refractivity contribution in [2.75, 3.05) is 25.1 Å². The first-order valence-electron chi connectivity index (χ1n) is 10.2. The second-order valence-corrected chi connectivity index (χ2v) is 7.29. The van der Waals surface area contributed by atoms with Crippen LogP contribution in [-0.2, 0) is 18.3 Å². The van der Waals surface area contributed by atoms with Crippen LogP contribution in [-0.4, -0.2) is 45.0 Å². The number of hydrogen-bond acceptors (Lipinski definition) is 6. The van der Waals surface area contributed by atoms with Gasteiger partial charge >= 0.3 is 5.69 Å². The van der Waals surface area contributed by atoms with Crippen molar-refractivity contribution in [1.82, 2.24) is 19.1 Å². The number of aryl methyl sites for hydroxylation is 2. The fraction of sp³-hybridized carbons (Fsp3) is 0.476. The van der Waals surface area contributed by atoms with Crippen LogP contribution in [0.3, 0.4) is 0 Å². The van der Waals surface area contributed by atoms with Gasteiger partial charge in [-0.1, -0.05) is 18.2 Å². The number of hydrogen-bond donors (Lipinski definition) is 2. The molecule has 2 aromatic heterocycles. The molecule has 0 spiro atoms. The third-order valence-electron chi connectivity index (χ3n) is 4.60. The Morgan fingerprint density at radius 3 is 2.63 bits per heavy atom. The van der Waals surface area contributed by atoms with Gasteiger partial charge in [0.05, 0.1) is 12.7 Å². The number of aromatic nitrogens is 4. The molecule has 9 heteroatoms. The van der Waals surface area contributed by atoms with Gasteiger partial charge in [-0.15, -0.1) is 0 Å². The van der Waals surface area contributed by atoms with Crippen LogP contribution in [0.15, 0.2) is 39.9 Å². The molecular formula is C21H29N5O4. The molecule has 162 valence electrons. The zero-order chi connectivity index (χ0) is 21.5. The summed E-state index contributed by atoms with van der Waals surface area (Å²) in [5.74, 6) is 1.36. The Kier molecular flexibility index (Phi) is 7.29. The number of nitrogens with one attached hydrogen (secondary N) is 2. The number of aromatic amines is 1. The molecule has 0 radical (unpaired) electrons. The van der Waals surface area contributed by atoms with E-state index in [9.17, 15) is 9.59 Å². The molecule has 2 N–H and O–H groups in total. The van der Waals surface area contributed by atoms with E-state index in [0.29, 0.717) is 49.8 Å². The highest BCUT2D eigenvalue weighted by Gasteiger charge is 2.17. The molecule has 30 heavy (non-hydrogen) atoms. The predicted octanol–water partition coefficient (Wildman–Crippen LogP) is 2.12. The predicted molar refractivity (Wildman–Crippen MR) is 116 cm³/mol. The summed E-state index contributed by atoms with van der Waals surface area (Å²) in [6.07, 6.45) is 1.66. The van der Waals surface area contributed by atoms with E-state index in [1.54, 1.807) is 7.05 Å². The molecule has 0 aliphatic heterocycles. The van der Waals surface area contributed by atoms with Crippen molar-refractivity contribution >= 4 is 17.1 Å². The topological polar surface area (TPSA) is 103 Å². The van der Waals surface area contributed by atoms with Crippen LogP contribution in [0, 0.1) is 0 Å². The van der Waals surface area contributed by atoms with Crippen molar-refractivity contribution in [3.63, 3.8) is 0 Å². The molecule has 0 amide bonds. The lowest BCUT2D eigenvalue weighted by Crippen LogP contribution is -2.29. The Morgan fingerprint density at radius 1 is 1.13 bits per heavy atom. The van der Waals surface area contributed by atoms with E-state index >= 15 is 0 Å². The van der Waals surface area contributed by atoms with Gasteiger partial charge in [-0.25, -0.2) is 4.79 Å². The Morgan fingerprint density at radius 2 is 1.90 bits per heavy atom. The standard InChI is InChI=1S/C21H29N5O4/c1-15(2)29-13-7-11-22-20-23-18-17(19(27)24-21(28)25(18)3)26(20)12-8-14-30-16-9-5-4-6-10-16/h4-6,9-10,15H,7-8,11-14H2,1-3H3,(H,22,23)(H,24,27,28). The summed E-state index contributed by atoms with van der Waals surface area (Å²) in [6, 6.07) is 9.58. The maximum Gasteiger partial charge on any atom is 0.329 e. The fourth-order valence-corrected chi connectivity index (χ4v) is 3.11. The Hall–Kier alpha value is -3.07. The Labute approximate surface area is 174 Å². The normalized spacial score (nSPS) is 11.3. The van der Waals surface area contributed by atoms with Crippen LogP contribution < -0.4 is 21.3 Å². The molecule has 0 aliphatic rings. The zero-order valence-electron chi connectivity index (χ0n) is 17.7. The third kappa shape index (κ3) is 5.29. The monoisotopic (exact) mass is 415 g/mol. The smallest absolute Gasteiger partial charge is 0.329 e. The van der Waals surface area contributed by atoms with Gasteiger partial charge in [0, 0.05) is 26.7 Å². The van der Waals surface area contributed by atoms with Crippen LogP contribution in [0.5, 0.6) is 5.75 Å². The summed E-state index contributed by atoms with van der Waals surface area (Å²) >= 11 is 0. The molecule has 3 aromatic rings. The number of nitrogens with zero attached hydrogens (tertiary/aromatic N) is 3. The minimum Gasteiger partial charge on any atom is -0.494 e. The minimum atomic E-state index is -0.485. The highest BCUT2D eigenvalue weighted by Crippen LogP contribution is 2.16. The van der Waals surface area contributed by atoms with Crippen LogP contribution >= 0.6 is 0 Å². The molecule has 0 bridgehead atoms. The summed E-state index contributed by atoms with van der Waals surface area (Å²) in [4.78, 5) is 31.3. The minimum absolute atomic E-state index is 0.187. The lowest BCUT2D eigenvalue weighted by atomic mass is 10.3. The fourth-order valence-electron chi connectivity index (χ4n) is 3.11. The van der Waals surface area contributed by atoms with Gasteiger partial charge in [0.25, 0.3) is 5.56 Å². The number of para-hydroxylation sites is 1. The number of imidazole rings is 1. The highest BCUT2D eigenvalue weighted by molar-refractivity contribution is 5.74. The zero-order valence-corrected chi connectivity index (χ0v) is 17.7. The van der Waals surface area contributed by atoms with Gasteiger partial charge in [-0.3, -0.25) is 14.3 Å². The molecule has 3 rings (SSSR count). The van der Waals surface area contributed by atoms with E-state index in [0.717, 1.165) is 12.2 Å². The Bertz CT molecular complexity index is 1070. The molecule has 1 aromatic carbocycles. The quantitative estimate of drug-likeness (QED) is 0.465. The van der Waals surface area contributed by atoms with E-state index in [2.05, 4.69) is 15.3 Å². The van der Waals surface area contributed by atoms with E-state index < -0.39 is 11.2 Å². The second kappa shape index (κ2) is 10.1. The van der Waals surface area contributed by atoms with E-state index in [1.807, 2.05) is 48.7 Å². The van der Waals surface area contributed by atoms with Crippen molar-refractivity contribution in [2.45, 2.75) is 39.3 Å². The van der Waals surface area contributed by atoms with Crippen LogP contribution in [0.1, 0.15) is 26.7 Å². The number of anilines is 1. The molecule has 9 nitrogen and oxygen atoms in total. The van der Waals surface area contributed by atoms with Crippen molar-refractivity contribution in [1.29, 1.82) is 0 Å². The summed E-state index contributed by atoms with van der Waals surface area (Å²) in [7, 11) is 1.59. The average Bonchev–Trinajstić information content (AvgIpc) is 3.09. The van der Waals surface area contributed by atoms with Gasteiger partial charge in [-0.05, 0) is 38.8 Å². The molecule has 0 saturated carbocycles. The van der Waals surface area contributed by atoms with E-state index in [1.165, 1.54) is 4.57 Å². The lowest BCUT2D eigenvalue weighted by Gasteiger charge is -2.12. The molecular weight excluding hydrogens is 386 g/mol. The van der Waals surface area contributed by atoms with Gasteiger partial charge in [0.2, 0.25) is 5.95 Å². The molecule has 0 unspecified atom stereocenters. The SMILES string of the molecule is CC(C)OCCCNc1nc2c(c(=O)[nH]c(=O)n2C)n1CCCOc1ccccc1. The first-order chi connectivity index (χ1) is 14.5. The highest BCUT2D eigenvalue weighted by atomic mass is 16.5. The van der Waals surface area contributed by atoms with E-state index in [-0.39, 0.29) is 6.10 Å². The molecule has 0 saturated heterocycles. The van der Waals surface area contributed by atoms with Gasteiger partial charge in [0.1, 0.15) is 5.75 Å². The first kappa shape index (κ1) is 21.6. The maximum absolute atomic E-state index is 12.5. The molecule has 2 heterocycles. The third-order valence-corrected chi connectivity index (χ3v) is 4.60. The Balaban J connectivity index is 1.74. The molecule has 0 atom stereocenters. The number of ether oxygens (including phenoxy) is 2. The number of fused-ring (bicyclic) bond motifs is 1. The number of rotatable bonds is 11. The van der Waals surface area contributed by atoms with Crippen LogP contribution in [0.2, 0.25) is 0 Å². The molecule has 0 aliphatic carbocycles. The summed E-state index contributed by atoms with van der Waals surface area (Å²) in [5, 5.41) is 3.27. The second-order valence-electron chi connectivity index (χ2n) is 7.29. The van der Waals surface area contributed by atoms with Crippen LogP contribution in [0.25, 0.3) is 11.2 Å². The van der Waals surface area contributed by atoms with Gasteiger partial charge in [0.15, 0.2) is 11.2 Å².